The zero-order valence-electron chi connectivity index (χ0n) is 10.8. The number of carboxylic acid groups (broad SMARTS) is 2. The predicted octanol–water partition coefficient (Wildman–Crippen LogP) is 2.04. The molecule has 0 radical (unpaired) electrons. The SMILES string of the molecule is CCCOC(C)=O.O=C(O)c1ccccc1C(=O)O. The summed E-state index contributed by atoms with van der Waals surface area (Å²) in [5.41, 5.74) is -0.380. The first-order valence-electron chi connectivity index (χ1n) is 5.59. The minimum Gasteiger partial charge on any atom is -0.478 e. The minimum atomic E-state index is -1.23. The molecule has 0 atom stereocenters. The third-order valence-electron chi connectivity index (χ3n) is 1.90. The van der Waals surface area contributed by atoms with Gasteiger partial charge in [0.25, 0.3) is 0 Å². The van der Waals surface area contributed by atoms with Crippen LogP contribution in [0.2, 0.25) is 0 Å². The molecule has 0 aliphatic heterocycles. The van der Waals surface area contributed by atoms with Crippen molar-refractivity contribution >= 4 is 17.9 Å². The average molecular weight is 268 g/mol. The van der Waals surface area contributed by atoms with Gasteiger partial charge < -0.3 is 14.9 Å². The number of carboxylic acids is 2. The van der Waals surface area contributed by atoms with Crippen LogP contribution in [0.15, 0.2) is 24.3 Å². The number of carbonyl (C=O) groups is 3. The van der Waals surface area contributed by atoms with Gasteiger partial charge in [0.15, 0.2) is 0 Å². The van der Waals surface area contributed by atoms with E-state index in [1.807, 2.05) is 6.92 Å². The number of benzene rings is 1. The summed E-state index contributed by atoms with van der Waals surface area (Å²) in [4.78, 5) is 30.9. The van der Waals surface area contributed by atoms with Crippen molar-refractivity contribution in [1.82, 2.24) is 0 Å². The number of hydrogen-bond acceptors (Lipinski definition) is 4. The highest BCUT2D eigenvalue weighted by Crippen LogP contribution is 2.07. The lowest BCUT2D eigenvalue weighted by molar-refractivity contribution is -0.140. The monoisotopic (exact) mass is 268 g/mol. The summed E-state index contributed by atoms with van der Waals surface area (Å²) >= 11 is 0. The van der Waals surface area contributed by atoms with Crippen LogP contribution in [0.25, 0.3) is 0 Å². The van der Waals surface area contributed by atoms with Gasteiger partial charge in [0, 0.05) is 6.92 Å². The normalized spacial score (nSPS) is 8.95. The maximum Gasteiger partial charge on any atom is 0.336 e. The summed E-state index contributed by atoms with van der Waals surface area (Å²) in [6.45, 7) is 3.92. The van der Waals surface area contributed by atoms with Crippen molar-refractivity contribution in [2.75, 3.05) is 6.61 Å². The smallest absolute Gasteiger partial charge is 0.336 e. The van der Waals surface area contributed by atoms with Gasteiger partial charge in [-0.05, 0) is 18.6 Å². The number of aromatic carboxylic acids is 2. The van der Waals surface area contributed by atoms with E-state index in [9.17, 15) is 14.4 Å². The minimum absolute atomic E-state index is 0.190. The Bertz CT molecular complexity index is 419. The average Bonchev–Trinajstić information content (AvgIpc) is 2.36. The molecule has 2 N–H and O–H groups in total. The number of ether oxygens (including phenoxy) is 1. The fourth-order valence-corrected chi connectivity index (χ4v) is 1.10. The molecule has 1 aromatic rings. The summed E-state index contributed by atoms with van der Waals surface area (Å²) in [6.07, 6.45) is 0.902. The molecule has 0 spiro atoms. The first-order valence-corrected chi connectivity index (χ1v) is 5.59. The Balaban J connectivity index is 0.000000399. The van der Waals surface area contributed by atoms with Gasteiger partial charge in [-0.2, -0.15) is 0 Å². The lowest BCUT2D eigenvalue weighted by atomic mass is 10.1. The fraction of sp³-hybridized carbons (Fsp3) is 0.308. The van der Waals surface area contributed by atoms with Gasteiger partial charge in [0.1, 0.15) is 0 Å². The van der Waals surface area contributed by atoms with Crippen LogP contribution >= 0.6 is 0 Å². The second-order valence-corrected chi connectivity index (χ2v) is 3.50. The molecule has 1 aromatic carbocycles. The van der Waals surface area contributed by atoms with Crippen LogP contribution in [-0.2, 0) is 9.53 Å². The molecular weight excluding hydrogens is 252 g/mol. The molecule has 0 saturated heterocycles. The summed E-state index contributed by atoms with van der Waals surface area (Å²) < 4.78 is 4.55. The molecule has 0 aromatic heterocycles. The van der Waals surface area contributed by atoms with Crippen molar-refractivity contribution in [3.8, 4) is 0 Å². The highest BCUT2D eigenvalue weighted by molar-refractivity contribution is 6.01. The highest BCUT2D eigenvalue weighted by atomic mass is 16.5. The van der Waals surface area contributed by atoms with E-state index in [0.29, 0.717) is 6.61 Å². The van der Waals surface area contributed by atoms with Gasteiger partial charge in [-0.3, -0.25) is 4.79 Å². The van der Waals surface area contributed by atoms with Crippen LogP contribution in [0.5, 0.6) is 0 Å². The molecule has 0 aliphatic rings. The topological polar surface area (TPSA) is 101 Å². The van der Waals surface area contributed by atoms with E-state index in [4.69, 9.17) is 10.2 Å². The first kappa shape index (κ1) is 16.6. The number of hydrogen-bond donors (Lipinski definition) is 2. The quantitative estimate of drug-likeness (QED) is 0.810. The molecule has 0 aliphatic carbocycles. The maximum absolute atomic E-state index is 10.5. The van der Waals surface area contributed by atoms with Crippen molar-refractivity contribution in [3.63, 3.8) is 0 Å². The molecule has 6 nitrogen and oxygen atoms in total. The van der Waals surface area contributed by atoms with Gasteiger partial charge in [0.2, 0.25) is 0 Å². The molecule has 0 heterocycles. The zero-order valence-corrected chi connectivity index (χ0v) is 10.8. The van der Waals surface area contributed by atoms with Gasteiger partial charge >= 0.3 is 17.9 Å². The third kappa shape index (κ3) is 6.82. The van der Waals surface area contributed by atoms with E-state index in [-0.39, 0.29) is 17.1 Å². The Morgan fingerprint density at radius 2 is 1.47 bits per heavy atom. The highest BCUT2D eigenvalue weighted by Gasteiger charge is 2.13. The zero-order chi connectivity index (χ0) is 14.8. The van der Waals surface area contributed by atoms with Gasteiger partial charge in [-0.15, -0.1) is 0 Å². The van der Waals surface area contributed by atoms with Crippen molar-refractivity contribution in [2.24, 2.45) is 0 Å². The van der Waals surface area contributed by atoms with E-state index >= 15 is 0 Å². The molecular formula is C13H16O6. The number of esters is 1. The Labute approximate surface area is 110 Å². The predicted molar refractivity (Wildman–Crippen MR) is 67.3 cm³/mol. The van der Waals surface area contributed by atoms with Crippen LogP contribution in [0.3, 0.4) is 0 Å². The van der Waals surface area contributed by atoms with Crippen LogP contribution in [0.1, 0.15) is 41.0 Å². The summed E-state index contributed by atoms with van der Waals surface area (Å²) in [5, 5.41) is 17.1. The summed E-state index contributed by atoms with van der Waals surface area (Å²) in [7, 11) is 0. The van der Waals surface area contributed by atoms with E-state index < -0.39 is 11.9 Å². The molecule has 1 rings (SSSR count). The van der Waals surface area contributed by atoms with Gasteiger partial charge in [0.05, 0.1) is 17.7 Å². The molecule has 0 bridgehead atoms. The molecule has 0 fully saturated rings. The van der Waals surface area contributed by atoms with Gasteiger partial charge in [-0.1, -0.05) is 19.1 Å². The van der Waals surface area contributed by atoms with Gasteiger partial charge in [-0.25, -0.2) is 9.59 Å². The number of rotatable bonds is 4. The molecule has 0 amide bonds. The molecule has 104 valence electrons. The molecule has 19 heavy (non-hydrogen) atoms. The lowest BCUT2D eigenvalue weighted by Crippen LogP contribution is -2.06. The summed E-state index contributed by atoms with van der Waals surface area (Å²) in [5.74, 6) is -2.65. The molecule has 0 unspecified atom stereocenters. The first-order chi connectivity index (χ1) is 8.90. The Hall–Kier alpha value is -2.37. The van der Waals surface area contributed by atoms with Crippen LogP contribution < -0.4 is 0 Å². The van der Waals surface area contributed by atoms with E-state index in [1.165, 1.54) is 31.2 Å². The third-order valence-corrected chi connectivity index (χ3v) is 1.90. The summed E-state index contributed by atoms with van der Waals surface area (Å²) in [6, 6.07) is 5.48. The largest absolute Gasteiger partial charge is 0.478 e. The molecule has 6 heteroatoms. The second-order valence-electron chi connectivity index (χ2n) is 3.50. The number of carbonyl (C=O) groups excluding carboxylic acids is 1. The van der Waals surface area contributed by atoms with E-state index in [0.717, 1.165) is 6.42 Å². The van der Waals surface area contributed by atoms with Crippen LogP contribution in [0, 0.1) is 0 Å². The van der Waals surface area contributed by atoms with Crippen molar-refractivity contribution in [2.45, 2.75) is 20.3 Å². The van der Waals surface area contributed by atoms with E-state index in [2.05, 4.69) is 4.74 Å². The van der Waals surface area contributed by atoms with E-state index in [1.54, 1.807) is 0 Å². The standard InChI is InChI=1S/C8H6O4.C5H10O2/c9-7(10)5-3-1-2-4-6(5)8(11)12;1-3-4-7-5(2)6/h1-4H,(H,9,10)(H,11,12);3-4H2,1-2H3. The van der Waals surface area contributed by atoms with Crippen molar-refractivity contribution in [1.29, 1.82) is 0 Å². The fourth-order valence-electron chi connectivity index (χ4n) is 1.10. The maximum atomic E-state index is 10.5. The Morgan fingerprint density at radius 1 is 1.05 bits per heavy atom. The van der Waals surface area contributed by atoms with Crippen molar-refractivity contribution < 1.29 is 29.3 Å². The Kier molecular flexibility index (Phi) is 7.60. The lowest BCUT2D eigenvalue weighted by Gasteiger charge is -1.98. The van der Waals surface area contributed by atoms with Crippen LogP contribution in [0.4, 0.5) is 0 Å². The Morgan fingerprint density at radius 3 is 1.68 bits per heavy atom. The second kappa shape index (κ2) is 8.68. The van der Waals surface area contributed by atoms with Crippen molar-refractivity contribution in [3.05, 3.63) is 35.4 Å². The molecule has 0 saturated carbocycles. The van der Waals surface area contributed by atoms with Crippen LogP contribution in [-0.4, -0.2) is 34.7 Å².